The predicted molar refractivity (Wildman–Crippen MR) is 142 cm³/mol. The molecule has 1 N–H and O–H groups in total. The van der Waals surface area contributed by atoms with Crippen LogP contribution in [0.25, 0.3) is 0 Å². The van der Waals surface area contributed by atoms with E-state index >= 15 is 0 Å². The maximum Gasteiger partial charge on any atom is 0.259 e. The highest BCUT2D eigenvalue weighted by molar-refractivity contribution is 5.97. The maximum atomic E-state index is 14.0. The van der Waals surface area contributed by atoms with Gasteiger partial charge in [-0.2, -0.15) is 0 Å². The van der Waals surface area contributed by atoms with Gasteiger partial charge >= 0.3 is 0 Å². The molecule has 4 rings (SSSR count). The highest BCUT2D eigenvalue weighted by Crippen LogP contribution is 2.29. The molecule has 2 amide bonds. The van der Waals surface area contributed by atoms with Gasteiger partial charge in [-0.05, 0) is 38.0 Å². The van der Waals surface area contributed by atoms with Gasteiger partial charge in [0.25, 0.3) is 5.91 Å². The molecule has 1 aromatic heterocycles. The van der Waals surface area contributed by atoms with Crippen molar-refractivity contribution in [3.05, 3.63) is 59.0 Å². The van der Waals surface area contributed by atoms with Crippen molar-refractivity contribution in [2.24, 2.45) is 11.8 Å². The molecule has 2 heterocycles. The Kier molecular flexibility index (Phi) is 9.01. The average Bonchev–Trinajstić information content (AvgIpc) is 2.94. The third-order valence-corrected chi connectivity index (χ3v) is 7.52. The highest BCUT2D eigenvalue weighted by Gasteiger charge is 2.35. The van der Waals surface area contributed by atoms with Crippen molar-refractivity contribution in [1.29, 1.82) is 0 Å². The summed E-state index contributed by atoms with van der Waals surface area (Å²) in [5.41, 5.74) is 0.913. The van der Waals surface area contributed by atoms with E-state index in [9.17, 15) is 19.1 Å². The summed E-state index contributed by atoms with van der Waals surface area (Å²) in [5, 5.41) is 9.87. The first-order valence-electron chi connectivity index (χ1n) is 13.4. The van der Waals surface area contributed by atoms with E-state index in [4.69, 9.17) is 4.74 Å². The number of halogens is 1. The largest absolute Gasteiger partial charge is 0.472 e. The third-order valence-electron chi connectivity index (χ3n) is 7.52. The lowest BCUT2D eigenvalue weighted by molar-refractivity contribution is -0.136. The molecule has 1 aromatic carbocycles. The summed E-state index contributed by atoms with van der Waals surface area (Å²) >= 11 is 0. The quantitative estimate of drug-likeness (QED) is 0.604. The van der Waals surface area contributed by atoms with Crippen LogP contribution in [-0.2, 0) is 4.79 Å². The van der Waals surface area contributed by atoms with Gasteiger partial charge in [-0.1, -0.05) is 50.2 Å². The number of carbonyl (C=O) groups is 2. The van der Waals surface area contributed by atoms with E-state index < -0.39 is 18.0 Å². The van der Waals surface area contributed by atoms with Gasteiger partial charge in [0, 0.05) is 37.2 Å². The number of carbonyl (C=O) groups excluding carboxylic acids is 2. The molecular formula is C30H36FN3O4. The molecule has 3 atom stereocenters. The number of aliphatic hydroxyl groups is 1. The topological polar surface area (TPSA) is 83.0 Å². The van der Waals surface area contributed by atoms with Crippen molar-refractivity contribution >= 4 is 11.8 Å². The minimum atomic E-state index is -0.426. The number of hydrogen-bond acceptors (Lipinski definition) is 5. The summed E-state index contributed by atoms with van der Waals surface area (Å²) in [5.74, 6) is 5.16. The third kappa shape index (κ3) is 6.33. The summed E-state index contributed by atoms with van der Waals surface area (Å²) in [6.07, 6.45) is 6.27. The Morgan fingerprint density at radius 3 is 2.71 bits per heavy atom. The van der Waals surface area contributed by atoms with Gasteiger partial charge in [0.05, 0.1) is 24.8 Å². The molecule has 38 heavy (non-hydrogen) atoms. The molecule has 8 heteroatoms. The van der Waals surface area contributed by atoms with Gasteiger partial charge in [0.15, 0.2) is 0 Å². The highest BCUT2D eigenvalue weighted by atomic mass is 19.1. The van der Waals surface area contributed by atoms with E-state index in [0.29, 0.717) is 18.7 Å². The Bertz CT molecular complexity index is 1220. The lowest BCUT2D eigenvalue weighted by Gasteiger charge is -2.38. The molecule has 0 bridgehead atoms. The molecule has 1 saturated carbocycles. The average molecular weight is 522 g/mol. The van der Waals surface area contributed by atoms with Crippen LogP contribution < -0.4 is 4.74 Å². The second-order valence-corrected chi connectivity index (χ2v) is 10.5. The standard InChI is InChI=1S/C30H36FN3O4/c1-20-17-34(21(2)19-35)30(37)25-15-22(13-14-23-9-7-8-12-26(23)31)16-32-28(25)38-27(20)18-33(3)29(36)24-10-5-4-6-11-24/h7-9,12,15-16,20-21,24,27,35H,4-6,10-11,17-19H2,1-3H3/t20-,21+,27+/m0/s1. The van der Waals surface area contributed by atoms with E-state index in [-0.39, 0.29) is 47.3 Å². The Balaban J connectivity index is 1.63. The summed E-state index contributed by atoms with van der Waals surface area (Å²) < 4.78 is 20.3. The van der Waals surface area contributed by atoms with Gasteiger partial charge < -0.3 is 19.6 Å². The Morgan fingerprint density at radius 1 is 1.26 bits per heavy atom. The molecule has 202 valence electrons. The number of nitrogens with zero attached hydrogens (tertiary/aromatic N) is 3. The van der Waals surface area contributed by atoms with Crippen molar-refractivity contribution in [3.8, 4) is 17.7 Å². The predicted octanol–water partition coefficient (Wildman–Crippen LogP) is 3.88. The van der Waals surface area contributed by atoms with Crippen LogP contribution >= 0.6 is 0 Å². The molecule has 1 aliphatic carbocycles. The van der Waals surface area contributed by atoms with E-state index in [1.54, 1.807) is 48.0 Å². The fourth-order valence-electron chi connectivity index (χ4n) is 5.11. The molecule has 0 unspecified atom stereocenters. The number of ether oxygens (including phenoxy) is 1. The van der Waals surface area contributed by atoms with Crippen LogP contribution in [0.4, 0.5) is 4.39 Å². The summed E-state index contributed by atoms with van der Waals surface area (Å²) in [7, 11) is 1.81. The fourth-order valence-corrected chi connectivity index (χ4v) is 5.11. The van der Waals surface area contributed by atoms with E-state index in [2.05, 4.69) is 16.8 Å². The van der Waals surface area contributed by atoms with Crippen molar-refractivity contribution in [1.82, 2.24) is 14.8 Å². The number of rotatable bonds is 5. The number of fused-ring (bicyclic) bond motifs is 1. The van der Waals surface area contributed by atoms with Crippen LogP contribution in [0.3, 0.4) is 0 Å². The number of aliphatic hydroxyl groups excluding tert-OH is 1. The Labute approximate surface area is 224 Å². The first-order chi connectivity index (χ1) is 18.3. The smallest absolute Gasteiger partial charge is 0.259 e. The molecule has 1 fully saturated rings. The first-order valence-corrected chi connectivity index (χ1v) is 13.4. The zero-order chi connectivity index (χ0) is 27.2. The normalized spacial score (nSPS) is 20.8. The van der Waals surface area contributed by atoms with Crippen molar-refractivity contribution < 1.29 is 23.8 Å². The number of aromatic nitrogens is 1. The molecule has 1 aliphatic heterocycles. The summed E-state index contributed by atoms with van der Waals surface area (Å²) in [4.78, 5) is 34.5. The second kappa shape index (κ2) is 12.4. The number of amides is 2. The Morgan fingerprint density at radius 2 is 2.00 bits per heavy atom. The van der Waals surface area contributed by atoms with Gasteiger partial charge in [-0.25, -0.2) is 9.37 Å². The Hall–Kier alpha value is -3.44. The number of pyridine rings is 1. The number of likely N-dealkylation sites (N-methyl/N-ethyl adjacent to an activating group) is 1. The van der Waals surface area contributed by atoms with Crippen LogP contribution in [0.15, 0.2) is 36.5 Å². The molecule has 0 radical (unpaired) electrons. The lowest BCUT2D eigenvalue weighted by atomic mass is 9.88. The second-order valence-electron chi connectivity index (χ2n) is 10.5. The van der Waals surface area contributed by atoms with E-state index in [1.165, 1.54) is 18.7 Å². The van der Waals surface area contributed by atoms with Crippen LogP contribution in [0.1, 0.15) is 67.4 Å². The molecule has 0 saturated heterocycles. The first kappa shape index (κ1) is 27.6. The van der Waals surface area contributed by atoms with Gasteiger partial charge in [-0.15, -0.1) is 0 Å². The van der Waals surface area contributed by atoms with Crippen LogP contribution in [0.5, 0.6) is 5.88 Å². The minimum Gasteiger partial charge on any atom is -0.472 e. The van der Waals surface area contributed by atoms with E-state index in [1.807, 2.05) is 6.92 Å². The van der Waals surface area contributed by atoms with Crippen molar-refractivity contribution in [3.63, 3.8) is 0 Å². The number of benzene rings is 1. The maximum absolute atomic E-state index is 14.0. The van der Waals surface area contributed by atoms with Crippen LogP contribution in [0.2, 0.25) is 0 Å². The molecule has 0 spiro atoms. The zero-order valence-electron chi connectivity index (χ0n) is 22.3. The SMILES string of the molecule is C[C@H](CO)N1C[C@H](C)[C@@H](CN(C)C(=O)C2CCCCC2)Oc2ncc(C#Cc3ccccc3F)cc2C1=O. The van der Waals surface area contributed by atoms with Gasteiger partial charge in [0.1, 0.15) is 17.5 Å². The lowest BCUT2D eigenvalue weighted by Crippen LogP contribution is -2.51. The van der Waals surface area contributed by atoms with Gasteiger partial charge in [0.2, 0.25) is 11.8 Å². The fraction of sp³-hybridized carbons (Fsp3) is 0.500. The molecule has 2 aromatic rings. The van der Waals surface area contributed by atoms with Crippen molar-refractivity contribution in [2.45, 2.75) is 58.1 Å². The van der Waals surface area contributed by atoms with Gasteiger partial charge in [-0.3, -0.25) is 9.59 Å². The number of hydrogen-bond donors (Lipinski definition) is 1. The summed E-state index contributed by atoms with van der Waals surface area (Å²) in [6.45, 7) is 4.28. The molecule has 2 aliphatic rings. The monoisotopic (exact) mass is 521 g/mol. The van der Waals surface area contributed by atoms with Crippen LogP contribution in [-0.4, -0.2) is 70.6 Å². The molecular weight excluding hydrogens is 485 g/mol. The minimum absolute atomic E-state index is 0.0473. The molecule has 7 nitrogen and oxygen atoms in total. The van der Waals surface area contributed by atoms with Crippen LogP contribution in [0, 0.1) is 29.5 Å². The zero-order valence-corrected chi connectivity index (χ0v) is 22.3. The van der Waals surface area contributed by atoms with E-state index in [0.717, 1.165) is 25.7 Å². The van der Waals surface area contributed by atoms with Crippen molar-refractivity contribution in [2.75, 3.05) is 26.7 Å². The summed E-state index contributed by atoms with van der Waals surface area (Å²) in [6, 6.07) is 7.39.